The van der Waals surface area contributed by atoms with Crippen molar-refractivity contribution in [2.24, 2.45) is 22.1 Å². The molecule has 1 spiro atoms. The van der Waals surface area contributed by atoms with Gasteiger partial charge >= 0.3 is 37.0 Å². The summed E-state index contributed by atoms with van der Waals surface area (Å²) >= 11 is 17.4. The maximum Gasteiger partial charge on any atom is 1.00 e. The molecule has 2 N–H and O–H groups in total. The number of nitrogens with two attached hydrogens (primary N) is 1. The van der Waals surface area contributed by atoms with Crippen molar-refractivity contribution >= 4 is 71.4 Å². The van der Waals surface area contributed by atoms with Crippen LogP contribution in [0.1, 0.15) is 181 Å². The Hall–Kier alpha value is -4.17. The van der Waals surface area contributed by atoms with Crippen LogP contribution >= 0.6 is 34.8 Å². The molecule has 3 aromatic carbocycles. The Morgan fingerprint density at radius 1 is 0.699 bits per heavy atom. The average molecular weight is 1200 g/mol. The number of halogens is 3. The van der Waals surface area contributed by atoms with Crippen molar-refractivity contribution < 1.29 is 61.8 Å². The summed E-state index contributed by atoms with van der Waals surface area (Å²) < 4.78 is 20.7. The van der Waals surface area contributed by atoms with E-state index in [2.05, 4.69) is 42.9 Å². The number of aliphatic imine (C=N–C) groups is 1. The predicted molar refractivity (Wildman–Crippen MR) is 330 cm³/mol. The third-order valence-corrected chi connectivity index (χ3v) is 14.3. The Morgan fingerprint density at radius 3 is 1.48 bits per heavy atom. The Labute approximate surface area is 523 Å². The molecule has 0 radical (unpaired) electrons. The number of rotatable bonds is 9. The van der Waals surface area contributed by atoms with Gasteiger partial charge in [-0.2, -0.15) is 0 Å². The molecule has 0 bridgehead atoms. The number of ether oxygens (including phenoxy) is 4. The van der Waals surface area contributed by atoms with Gasteiger partial charge in [0, 0.05) is 78.3 Å². The molecule has 10 rings (SSSR count). The molecule has 3 saturated carbocycles. The molecule has 83 heavy (non-hydrogen) atoms. The van der Waals surface area contributed by atoms with Gasteiger partial charge in [-0.05, 0) is 173 Å². The zero-order valence-corrected chi connectivity index (χ0v) is 53.9. The number of esters is 1. The minimum Gasteiger partial charge on any atom is -0.658 e. The number of hydrogen-bond donors (Lipinski definition) is 1. The third-order valence-electron chi connectivity index (χ3n) is 13.6. The molecule has 1 atom stereocenters. The second kappa shape index (κ2) is 36.1. The van der Waals surface area contributed by atoms with E-state index in [0.717, 1.165) is 48.5 Å². The molecule has 19 heteroatoms. The molecule has 4 aliphatic heterocycles. The summed E-state index contributed by atoms with van der Waals surface area (Å²) in [5, 5.41) is 6.41. The van der Waals surface area contributed by atoms with E-state index in [-0.39, 0.29) is 54.9 Å². The molecular weight excluding hydrogens is 1110 g/mol. The Bertz CT molecular complexity index is 2410. The number of piperidine rings is 2. The van der Waals surface area contributed by atoms with Crippen molar-refractivity contribution in [3.63, 3.8) is 0 Å². The molecular formula is C64H94Cl3LiN6O9. The van der Waals surface area contributed by atoms with Crippen molar-refractivity contribution in [2.75, 3.05) is 46.0 Å². The molecule has 7 aliphatic rings. The quantitative estimate of drug-likeness (QED) is 0.0540. The molecule has 3 amide bonds. The van der Waals surface area contributed by atoms with Gasteiger partial charge in [-0.1, -0.05) is 98.9 Å². The molecule has 3 aromatic rings. The number of hydrogen-bond acceptors (Lipinski definition) is 11. The maximum absolute atomic E-state index is 13.1. The van der Waals surface area contributed by atoms with Crippen LogP contribution in [0.2, 0.25) is 15.1 Å². The monoisotopic (exact) mass is 1200 g/mol. The van der Waals surface area contributed by atoms with Crippen LogP contribution in [0, 0.1) is 11.3 Å². The summed E-state index contributed by atoms with van der Waals surface area (Å²) in [6.07, 6.45) is 14.6. The number of β-lactam (4-membered cyclic amide) rings is 1. The molecule has 4 saturated heterocycles. The topological polar surface area (TPSA) is 184 Å². The normalized spacial score (nSPS) is 18.9. The Morgan fingerprint density at radius 2 is 1.13 bits per heavy atom. The van der Waals surface area contributed by atoms with E-state index >= 15 is 0 Å². The van der Waals surface area contributed by atoms with Gasteiger partial charge in [-0.25, -0.2) is 9.59 Å². The van der Waals surface area contributed by atoms with Crippen molar-refractivity contribution in [2.45, 2.75) is 201 Å². The van der Waals surface area contributed by atoms with Crippen LogP contribution in [0.3, 0.4) is 0 Å². The minimum atomic E-state index is -0.507. The zero-order chi connectivity index (χ0) is 60.6. The van der Waals surface area contributed by atoms with Crippen molar-refractivity contribution in [3.8, 4) is 0 Å². The van der Waals surface area contributed by atoms with E-state index < -0.39 is 16.6 Å². The summed E-state index contributed by atoms with van der Waals surface area (Å²) in [4.78, 5) is 68.8. The molecule has 0 aromatic heterocycles. The van der Waals surface area contributed by atoms with Gasteiger partial charge < -0.3 is 44.7 Å². The van der Waals surface area contributed by atoms with Crippen LogP contribution in [-0.2, 0) is 28.5 Å². The number of amides is 3. The predicted octanol–water partition coefficient (Wildman–Crippen LogP) is 11.8. The third kappa shape index (κ3) is 28.3. The van der Waals surface area contributed by atoms with Gasteiger partial charge in [0.1, 0.15) is 17.5 Å². The fraction of sp³-hybridized carbons (Fsp3) is 0.625. The largest absolute Gasteiger partial charge is 1.00 e. The van der Waals surface area contributed by atoms with Gasteiger partial charge in [0.25, 0.3) is 0 Å². The number of benzene rings is 3. The molecule has 1 unspecified atom stereocenters. The van der Waals surface area contributed by atoms with E-state index in [1.165, 1.54) is 38.5 Å². The molecule has 4 heterocycles. The zero-order valence-electron chi connectivity index (χ0n) is 51.7. The number of aldehydes is 1. The van der Waals surface area contributed by atoms with Crippen molar-refractivity contribution in [3.05, 3.63) is 110 Å². The smallest absolute Gasteiger partial charge is 0.658 e. The van der Waals surface area contributed by atoms with Crippen LogP contribution in [0.25, 0.3) is 5.32 Å². The average Bonchev–Trinajstić information content (AvgIpc) is 2.46. The first kappa shape index (κ1) is 73.1. The first-order valence-electron chi connectivity index (χ1n) is 29.5. The van der Waals surface area contributed by atoms with Crippen LogP contribution in [0.5, 0.6) is 0 Å². The second-order valence-electron chi connectivity index (χ2n) is 24.2. The summed E-state index contributed by atoms with van der Waals surface area (Å²) in [5.41, 5.74) is 6.78. The van der Waals surface area contributed by atoms with Crippen LogP contribution < -0.4 is 24.6 Å². The first-order valence-corrected chi connectivity index (χ1v) is 30.6. The summed E-state index contributed by atoms with van der Waals surface area (Å²) in [6.45, 7) is 26.0. The summed E-state index contributed by atoms with van der Waals surface area (Å²) in [6, 6.07) is 25.0. The fourth-order valence-corrected chi connectivity index (χ4v) is 9.42. The van der Waals surface area contributed by atoms with Gasteiger partial charge in [0.15, 0.2) is 0 Å². The van der Waals surface area contributed by atoms with Gasteiger partial charge in [-0.15, -0.1) is 12.1 Å². The standard InChI is InChI=1S/C21H27ClN2O3.C13H23NO4.C10H10ClN.C7H5ClO.C6H14N.C4H8O.C3H7N.Li/c1-20(2,3)27-19(26)23-12-10-21(11-13-23)17(14-4-6-15(22)7-5-14)24(18(21)25)16-8-9-16;1-5-17-11(15)10-6-8-14(9-7-10)12(16)18-13(2,3)4;11-9-3-1-8(2-4-9)7-12-10-5-6-10;8-7-3-1-6(5-9)2-4-7;1-5(2)7-6(3)4;1-2-4-5-3-1;4-3-1-2-3;/h4-7,16-17H,8-13H2,1-3H3;10H,5-9H2,1-4H3;1-4,7,10H,5-6H2;1-5H;5-6H,1-4H3;1-4H2;3H,1-2,4H2;/q;;;;-1;;;+1. The SMILES string of the molecule is C1CCOC1.CC(C)(C)OC(=O)N1CCC2(CC1)C(=O)N(C1CC1)C2c1ccc(Cl)cc1.CC(C)[N-]C(C)C.CCOC(=O)C1CCN(C(=O)OC(C)(C)C)CC1.Clc1ccc(C=NC2CC2)cc1.NC1CC1.O=Cc1ccc(Cl)cc1.[Li+]. The Balaban J connectivity index is 0.000000279. The Kier molecular flexibility index (Phi) is 31.8. The minimum absolute atomic E-state index is 0. The van der Waals surface area contributed by atoms with Crippen molar-refractivity contribution in [1.29, 1.82) is 0 Å². The second-order valence-corrected chi connectivity index (χ2v) is 25.5. The van der Waals surface area contributed by atoms with Crippen LogP contribution in [-0.4, -0.2) is 139 Å². The number of carbonyl (C=O) groups is 5. The van der Waals surface area contributed by atoms with E-state index in [0.29, 0.717) is 104 Å². The van der Waals surface area contributed by atoms with E-state index in [4.69, 9.17) is 59.5 Å². The molecule has 456 valence electrons. The van der Waals surface area contributed by atoms with Gasteiger partial charge in [0.2, 0.25) is 5.91 Å². The number of nitrogens with zero attached hydrogens (tertiary/aromatic N) is 5. The first-order chi connectivity index (χ1) is 38.7. The van der Waals surface area contributed by atoms with Crippen molar-refractivity contribution in [1.82, 2.24) is 14.7 Å². The summed E-state index contributed by atoms with van der Waals surface area (Å²) in [5.74, 6) is 0.0266. The van der Waals surface area contributed by atoms with Crippen LogP contribution in [0.4, 0.5) is 9.59 Å². The fourth-order valence-electron chi connectivity index (χ4n) is 9.04. The van der Waals surface area contributed by atoms with Gasteiger partial charge in [-0.3, -0.25) is 19.4 Å². The van der Waals surface area contributed by atoms with E-state index in [1.807, 2.05) is 96.3 Å². The summed E-state index contributed by atoms with van der Waals surface area (Å²) in [7, 11) is 0. The molecule has 15 nitrogen and oxygen atoms in total. The number of likely N-dealkylation sites (tertiary alicyclic amines) is 3. The molecule has 7 fully saturated rings. The van der Waals surface area contributed by atoms with Gasteiger partial charge in [0.05, 0.1) is 30.0 Å². The van der Waals surface area contributed by atoms with Crippen LogP contribution in [0.15, 0.2) is 77.8 Å². The molecule has 3 aliphatic carbocycles. The number of carbonyl (C=O) groups excluding carboxylic acids is 5. The maximum atomic E-state index is 13.1. The van der Waals surface area contributed by atoms with E-state index in [1.54, 1.807) is 41.0 Å². The van der Waals surface area contributed by atoms with E-state index in [9.17, 15) is 24.0 Å².